The van der Waals surface area contributed by atoms with Gasteiger partial charge < -0.3 is 9.80 Å². The number of amides is 2. The molecule has 0 aromatic carbocycles. The van der Waals surface area contributed by atoms with Crippen LogP contribution in [0, 0.1) is 17.8 Å². The van der Waals surface area contributed by atoms with Gasteiger partial charge in [0.1, 0.15) is 0 Å². The zero-order valence-electron chi connectivity index (χ0n) is 17.4. The lowest BCUT2D eigenvalue weighted by atomic mass is 9.92. The van der Waals surface area contributed by atoms with Crippen molar-refractivity contribution in [1.29, 1.82) is 0 Å². The van der Waals surface area contributed by atoms with Crippen LogP contribution in [-0.2, 0) is 17.6 Å². The van der Waals surface area contributed by atoms with Crippen molar-refractivity contribution in [2.24, 2.45) is 17.8 Å². The first kappa shape index (κ1) is 19.3. The lowest BCUT2D eigenvalue weighted by Crippen LogP contribution is -2.39. The Morgan fingerprint density at radius 1 is 1.25 bits per heavy atom. The molecule has 2 amide bonds. The summed E-state index contributed by atoms with van der Waals surface area (Å²) in [5, 5.41) is 8.28. The molecule has 1 saturated heterocycles. The van der Waals surface area contributed by atoms with Gasteiger partial charge in [-0.2, -0.15) is 5.10 Å². The minimum Gasteiger partial charge on any atom is -0.342 e. The molecule has 0 radical (unpaired) electrons. The van der Waals surface area contributed by atoms with Crippen LogP contribution in [0.1, 0.15) is 67.6 Å². The average Bonchev–Trinajstić information content (AvgIpc) is 3.22. The molecule has 0 bridgehead atoms. The highest BCUT2D eigenvalue weighted by Gasteiger charge is 2.59. The summed E-state index contributed by atoms with van der Waals surface area (Å²) >= 11 is 0. The predicted octanol–water partition coefficient (Wildman–Crippen LogP) is 2.71. The molecule has 4 atom stereocenters. The van der Waals surface area contributed by atoms with Gasteiger partial charge in [-0.15, -0.1) is 5.10 Å². The van der Waals surface area contributed by atoms with Gasteiger partial charge in [0.25, 0.3) is 5.91 Å². The van der Waals surface area contributed by atoms with Crippen molar-refractivity contribution in [1.82, 2.24) is 20.0 Å². The summed E-state index contributed by atoms with van der Waals surface area (Å²) < 4.78 is 0. The van der Waals surface area contributed by atoms with Gasteiger partial charge in [-0.25, -0.2) is 0 Å². The van der Waals surface area contributed by atoms with E-state index in [1.165, 1.54) is 5.56 Å². The maximum atomic E-state index is 13.1. The standard InChI is InChI=1S/C22H32N4O2/c1-4-14(2)9-10-19(27)26-12-17-18(13-26)21(17)25(3)22(28)20-16-8-6-5-7-15(16)11-23-24-20/h11,14,17-18,21H,4-10,12-13H2,1-3H3/t14?,17-,18+,21?. The fraction of sp³-hybridized carbons (Fsp3) is 0.727. The van der Waals surface area contributed by atoms with Crippen LogP contribution in [0.25, 0.3) is 0 Å². The number of hydrogen-bond acceptors (Lipinski definition) is 4. The molecule has 2 fully saturated rings. The fourth-order valence-corrected chi connectivity index (χ4v) is 5.04. The van der Waals surface area contributed by atoms with Crippen molar-refractivity contribution in [3.8, 4) is 0 Å². The normalized spacial score (nSPS) is 26.4. The molecule has 1 aromatic rings. The molecule has 2 unspecified atom stereocenters. The monoisotopic (exact) mass is 384 g/mol. The topological polar surface area (TPSA) is 66.4 Å². The van der Waals surface area contributed by atoms with E-state index in [4.69, 9.17) is 0 Å². The van der Waals surface area contributed by atoms with Gasteiger partial charge in [0, 0.05) is 44.4 Å². The van der Waals surface area contributed by atoms with E-state index in [0.29, 0.717) is 29.9 Å². The quantitative estimate of drug-likeness (QED) is 0.756. The van der Waals surface area contributed by atoms with E-state index in [9.17, 15) is 9.59 Å². The molecule has 152 valence electrons. The largest absolute Gasteiger partial charge is 0.342 e. The Labute approximate surface area is 167 Å². The Bertz CT molecular complexity index is 753. The lowest BCUT2D eigenvalue weighted by Gasteiger charge is -2.26. The first-order chi connectivity index (χ1) is 13.5. The van der Waals surface area contributed by atoms with Gasteiger partial charge in [0.15, 0.2) is 5.69 Å². The number of piperidine rings is 1. The highest BCUT2D eigenvalue weighted by Crippen LogP contribution is 2.49. The van der Waals surface area contributed by atoms with Gasteiger partial charge >= 0.3 is 0 Å². The van der Waals surface area contributed by atoms with Gasteiger partial charge in [-0.1, -0.05) is 20.3 Å². The molecule has 0 N–H and O–H groups in total. The second-order valence-electron chi connectivity index (χ2n) is 8.99. The molecule has 6 heteroatoms. The first-order valence-electron chi connectivity index (χ1n) is 10.9. The third kappa shape index (κ3) is 3.53. The van der Waals surface area contributed by atoms with Gasteiger partial charge in [0.2, 0.25) is 5.91 Å². The maximum absolute atomic E-state index is 13.1. The Balaban J connectivity index is 1.34. The molecule has 0 spiro atoms. The van der Waals surface area contributed by atoms with Crippen LogP contribution >= 0.6 is 0 Å². The van der Waals surface area contributed by atoms with Crippen LogP contribution in [0.5, 0.6) is 0 Å². The maximum Gasteiger partial charge on any atom is 0.274 e. The molecule has 2 heterocycles. The molecule has 6 nitrogen and oxygen atoms in total. The number of hydrogen-bond donors (Lipinski definition) is 0. The summed E-state index contributed by atoms with van der Waals surface area (Å²) in [5.41, 5.74) is 2.84. The summed E-state index contributed by atoms with van der Waals surface area (Å²) in [6.45, 7) is 5.97. The summed E-state index contributed by atoms with van der Waals surface area (Å²) in [6, 6.07) is 0.243. The van der Waals surface area contributed by atoms with E-state index in [1.54, 1.807) is 0 Å². The highest BCUT2D eigenvalue weighted by molar-refractivity contribution is 5.94. The zero-order valence-corrected chi connectivity index (χ0v) is 17.4. The van der Waals surface area contributed by atoms with E-state index in [-0.39, 0.29) is 17.9 Å². The van der Waals surface area contributed by atoms with Crippen molar-refractivity contribution in [3.05, 3.63) is 23.0 Å². The number of fused-ring (bicyclic) bond motifs is 2. The molecule has 4 rings (SSSR count). The van der Waals surface area contributed by atoms with E-state index in [0.717, 1.165) is 57.2 Å². The smallest absolute Gasteiger partial charge is 0.274 e. The van der Waals surface area contributed by atoms with Crippen LogP contribution < -0.4 is 0 Å². The minimum absolute atomic E-state index is 0.000275. The van der Waals surface area contributed by atoms with Gasteiger partial charge in [-0.3, -0.25) is 9.59 Å². The Morgan fingerprint density at radius 2 is 1.96 bits per heavy atom. The summed E-state index contributed by atoms with van der Waals surface area (Å²) in [7, 11) is 1.89. The molecule has 2 aliphatic carbocycles. The Hall–Kier alpha value is -1.98. The van der Waals surface area contributed by atoms with Crippen LogP contribution in [0.2, 0.25) is 0 Å². The average molecular weight is 385 g/mol. The molecule has 28 heavy (non-hydrogen) atoms. The number of rotatable bonds is 6. The number of aromatic nitrogens is 2. The van der Waals surface area contributed by atoms with Gasteiger partial charge in [-0.05, 0) is 49.1 Å². The van der Waals surface area contributed by atoms with Crippen LogP contribution in [0.15, 0.2) is 6.20 Å². The SMILES string of the molecule is CCC(C)CCC(=O)N1C[C@@H]2C(N(C)C(=O)c3nncc4c3CCCC4)[C@@H]2C1. The van der Waals surface area contributed by atoms with Crippen molar-refractivity contribution < 1.29 is 9.59 Å². The van der Waals surface area contributed by atoms with Crippen molar-refractivity contribution in [2.45, 2.75) is 64.8 Å². The summed E-state index contributed by atoms with van der Waals surface area (Å²) in [5.74, 6) is 1.74. The first-order valence-corrected chi connectivity index (χ1v) is 10.9. The number of likely N-dealkylation sites (tertiary alicyclic amines) is 1. The number of carbonyl (C=O) groups excluding carboxylic acids is 2. The van der Waals surface area contributed by atoms with Gasteiger partial charge in [0.05, 0.1) is 6.20 Å². The Kier molecular flexibility index (Phi) is 5.39. The molecule has 1 aromatic heterocycles. The highest BCUT2D eigenvalue weighted by atomic mass is 16.2. The second-order valence-corrected chi connectivity index (χ2v) is 8.99. The van der Waals surface area contributed by atoms with Crippen molar-refractivity contribution in [2.75, 3.05) is 20.1 Å². The van der Waals surface area contributed by atoms with Crippen LogP contribution in [0.4, 0.5) is 0 Å². The van der Waals surface area contributed by atoms with E-state index < -0.39 is 0 Å². The Morgan fingerprint density at radius 3 is 2.68 bits per heavy atom. The number of carbonyl (C=O) groups is 2. The summed E-state index contributed by atoms with van der Waals surface area (Å²) in [6.07, 6.45) is 8.77. The number of aryl methyl sites for hydroxylation is 1. The third-order valence-corrected chi connectivity index (χ3v) is 7.19. The van der Waals surface area contributed by atoms with Crippen LogP contribution in [0.3, 0.4) is 0 Å². The fourth-order valence-electron chi connectivity index (χ4n) is 5.04. The van der Waals surface area contributed by atoms with E-state index >= 15 is 0 Å². The molecule has 3 aliphatic rings. The second kappa shape index (κ2) is 7.80. The molecule has 1 aliphatic heterocycles. The predicted molar refractivity (Wildman–Crippen MR) is 107 cm³/mol. The van der Waals surface area contributed by atoms with Crippen LogP contribution in [-0.4, -0.2) is 58.0 Å². The third-order valence-electron chi connectivity index (χ3n) is 7.19. The van der Waals surface area contributed by atoms with Crippen molar-refractivity contribution >= 4 is 11.8 Å². The molecular weight excluding hydrogens is 352 g/mol. The van der Waals surface area contributed by atoms with Crippen molar-refractivity contribution in [3.63, 3.8) is 0 Å². The lowest BCUT2D eigenvalue weighted by molar-refractivity contribution is -0.131. The molecular formula is C22H32N4O2. The van der Waals surface area contributed by atoms with E-state index in [2.05, 4.69) is 24.0 Å². The zero-order chi connectivity index (χ0) is 19.8. The van der Waals surface area contributed by atoms with E-state index in [1.807, 2.05) is 23.0 Å². The molecule has 1 saturated carbocycles. The number of nitrogens with zero attached hydrogens (tertiary/aromatic N) is 4. The minimum atomic E-state index is 0.000275. The summed E-state index contributed by atoms with van der Waals surface area (Å²) in [4.78, 5) is 29.4.